The first-order chi connectivity index (χ1) is 38.2. The lowest BCUT2D eigenvalue weighted by atomic mass is 9.82. The summed E-state index contributed by atoms with van der Waals surface area (Å²) < 4.78 is 4.87. The molecule has 4 heterocycles. The third kappa shape index (κ3) is 6.33. The van der Waals surface area contributed by atoms with Crippen LogP contribution in [0, 0.1) is 0 Å². The Bertz CT molecular complexity index is 4540. The number of para-hydroxylation sites is 2. The fraction of sp³-hybridized carbons (Fsp3) is 0.0822. The van der Waals surface area contributed by atoms with Crippen molar-refractivity contribution in [1.29, 1.82) is 0 Å². The fourth-order valence-electron chi connectivity index (χ4n) is 13.5. The smallest absolute Gasteiger partial charge is 0.116 e. The van der Waals surface area contributed by atoms with Crippen molar-refractivity contribution in [3.8, 4) is 78.5 Å². The van der Waals surface area contributed by atoms with Gasteiger partial charge in [0.15, 0.2) is 0 Å². The van der Waals surface area contributed by atoms with Crippen LogP contribution in [0.25, 0.3) is 133 Å². The van der Waals surface area contributed by atoms with Crippen LogP contribution in [0.4, 0.5) is 0 Å². The summed E-state index contributed by atoms with van der Waals surface area (Å²) in [6.45, 7) is 9.43. The predicted octanol–water partition coefficient (Wildman–Crippen LogP) is 18.5. The van der Waals surface area contributed by atoms with Gasteiger partial charge in [-0.05, 0) is 111 Å². The van der Waals surface area contributed by atoms with Crippen LogP contribution in [0.15, 0.2) is 237 Å². The molecule has 0 saturated carbocycles. The van der Waals surface area contributed by atoms with Gasteiger partial charge in [-0.25, -0.2) is 9.97 Å². The van der Waals surface area contributed by atoms with E-state index in [0.29, 0.717) is 0 Å². The van der Waals surface area contributed by atoms with Crippen LogP contribution < -0.4 is 0 Å². The quantitative estimate of drug-likeness (QED) is 0.167. The Morgan fingerprint density at radius 3 is 1.27 bits per heavy atom. The highest BCUT2D eigenvalue weighted by Gasteiger charge is 2.38. The van der Waals surface area contributed by atoms with E-state index in [1.54, 1.807) is 0 Å². The summed E-state index contributed by atoms with van der Waals surface area (Å²) >= 11 is 0. The molecule has 10 aromatic carbocycles. The van der Waals surface area contributed by atoms with Crippen molar-refractivity contribution in [2.75, 3.05) is 0 Å². The molecule has 5 nitrogen and oxygen atoms in total. The molecule has 2 aliphatic carbocycles. The van der Waals surface area contributed by atoms with E-state index in [4.69, 9.17) is 15.0 Å². The molecule has 0 unspecified atom stereocenters. The van der Waals surface area contributed by atoms with E-state index in [2.05, 4.69) is 267 Å². The van der Waals surface area contributed by atoms with Crippen LogP contribution in [0.5, 0.6) is 0 Å². The van der Waals surface area contributed by atoms with Crippen LogP contribution in [0.2, 0.25) is 0 Å². The molecule has 0 bridgehead atoms. The Morgan fingerprint density at radius 2 is 0.731 bits per heavy atom. The monoisotopic (exact) mass is 997 g/mol. The molecule has 0 spiro atoms. The van der Waals surface area contributed by atoms with Crippen molar-refractivity contribution < 1.29 is 0 Å². The van der Waals surface area contributed by atoms with Crippen molar-refractivity contribution in [3.63, 3.8) is 0 Å². The predicted molar refractivity (Wildman–Crippen MR) is 323 cm³/mol. The molecule has 0 N–H and O–H groups in total. The van der Waals surface area contributed by atoms with E-state index in [1.165, 1.54) is 77.1 Å². The number of hydrogen-bond acceptors (Lipinski definition) is 3. The number of aromatic nitrogens is 5. The molecule has 0 atom stereocenters. The molecular weight excluding hydrogens is 947 g/mol. The van der Waals surface area contributed by atoms with Crippen LogP contribution >= 0.6 is 0 Å². The molecule has 368 valence electrons. The number of fused-ring (bicyclic) bond motifs is 13. The molecule has 0 amide bonds. The Labute approximate surface area is 452 Å². The van der Waals surface area contributed by atoms with Gasteiger partial charge in [0.2, 0.25) is 0 Å². The maximum absolute atomic E-state index is 5.75. The second-order valence-corrected chi connectivity index (χ2v) is 22.3. The van der Waals surface area contributed by atoms with E-state index in [9.17, 15) is 0 Å². The van der Waals surface area contributed by atoms with Crippen molar-refractivity contribution in [2.45, 2.75) is 38.5 Å². The number of benzene rings is 10. The molecule has 0 radical (unpaired) electrons. The molecule has 0 aliphatic heterocycles. The molecule has 0 saturated heterocycles. The third-order valence-electron chi connectivity index (χ3n) is 17.3. The fourth-order valence-corrected chi connectivity index (χ4v) is 13.5. The standard InChI is InChI=1S/C73H51N5/c1-72(2)59-33-15-11-29-50(59)54-41-65-56(39-61(54)72)52-31-13-17-35-63(52)77(65)48-27-19-25-46(37-48)58-43-74-67(71-70(58)75-68(44-21-7-5-8-22-44)69(76-71)45-23-9-6-10-24-45)47-26-20-28-49(38-47)78-64-36-18-14-32-53(64)57-40-62-55(42-66(57)78)51-30-12-16-34-60(51)73(62,3)4/h5-43H,1-4H3. The lowest BCUT2D eigenvalue weighted by Gasteiger charge is -2.21. The van der Waals surface area contributed by atoms with Gasteiger partial charge in [0.05, 0.1) is 39.1 Å². The summed E-state index contributed by atoms with van der Waals surface area (Å²) in [5, 5.41) is 4.96. The Morgan fingerprint density at radius 1 is 0.295 bits per heavy atom. The van der Waals surface area contributed by atoms with Gasteiger partial charge >= 0.3 is 0 Å². The highest BCUT2D eigenvalue weighted by Crippen LogP contribution is 2.53. The zero-order valence-electron chi connectivity index (χ0n) is 43.8. The summed E-state index contributed by atoms with van der Waals surface area (Å²) in [5.74, 6) is 0. The minimum Gasteiger partial charge on any atom is -0.309 e. The Kier molecular flexibility index (Phi) is 9.37. The van der Waals surface area contributed by atoms with E-state index < -0.39 is 0 Å². The number of hydrogen-bond donors (Lipinski definition) is 0. The number of nitrogens with zero attached hydrogens (tertiary/aromatic N) is 5. The van der Waals surface area contributed by atoms with Gasteiger partial charge < -0.3 is 9.13 Å². The molecule has 16 rings (SSSR count). The second-order valence-electron chi connectivity index (χ2n) is 22.3. The zero-order chi connectivity index (χ0) is 52.0. The summed E-state index contributed by atoms with van der Waals surface area (Å²) in [4.78, 5) is 17.0. The average Bonchev–Trinajstić information content (AvgIpc) is 4.01. The van der Waals surface area contributed by atoms with Crippen molar-refractivity contribution >= 4 is 54.6 Å². The SMILES string of the molecule is CC1(C)c2ccccc2-c2cc3c(cc21)c1ccccc1n3-c1cccc(-c2cnc(-c3cccc(-n4c5ccccc5c5cc6c(cc54)-c4ccccc4C6(C)C)c3)c3nc(-c4ccccc4)c(-c4ccccc4)nc23)c1. The summed E-state index contributed by atoms with van der Waals surface area (Å²) in [6, 6.07) is 83.9. The lowest BCUT2D eigenvalue weighted by molar-refractivity contribution is 0.661. The van der Waals surface area contributed by atoms with Gasteiger partial charge in [0, 0.05) is 72.2 Å². The molecule has 78 heavy (non-hydrogen) atoms. The first kappa shape index (κ1) is 44.6. The highest BCUT2D eigenvalue weighted by molar-refractivity contribution is 6.13. The highest BCUT2D eigenvalue weighted by atomic mass is 15.0. The number of pyridine rings is 1. The van der Waals surface area contributed by atoms with E-state index in [1.807, 2.05) is 6.20 Å². The van der Waals surface area contributed by atoms with Gasteiger partial charge in [-0.15, -0.1) is 0 Å². The van der Waals surface area contributed by atoms with Crippen molar-refractivity contribution in [3.05, 3.63) is 259 Å². The third-order valence-corrected chi connectivity index (χ3v) is 17.3. The molecular formula is C73H51N5. The van der Waals surface area contributed by atoms with Crippen LogP contribution in [-0.2, 0) is 10.8 Å². The van der Waals surface area contributed by atoms with Crippen molar-refractivity contribution in [1.82, 2.24) is 24.1 Å². The maximum Gasteiger partial charge on any atom is 0.116 e. The van der Waals surface area contributed by atoms with Crippen LogP contribution in [0.1, 0.15) is 49.9 Å². The van der Waals surface area contributed by atoms with Gasteiger partial charge in [0.25, 0.3) is 0 Å². The van der Waals surface area contributed by atoms with E-state index >= 15 is 0 Å². The zero-order valence-corrected chi connectivity index (χ0v) is 43.8. The topological polar surface area (TPSA) is 48.5 Å². The van der Waals surface area contributed by atoms with Crippen LogP contribution in [0.3, 0.4) is 0 Å². The molecule has 5 heteroatoms. The molecule has 2 aliphatic rings. The maximum atomic E-state index is 5.75. The minimum atomic E-state index is -0.111. The van der Waals surface area contributed by atoms with Gasteiger partial charge in [-0.1, -0.05) is 198 Å². The second kappa shape index (κ2) is 16.4. The summed E-state index contributed by atoms with van der Waals surface area (Å²) in [5.41, 5.74) is 26.0. The van der Waals surface area contributed by atoms with Crippen molar-refractivity contribution in [2.24, 2.45) is 0 Å². The Hall–Kier alpha value is -9.71. The van der Waals surface area contributed by atoms with E-state index in [-0.39, 0.29) is 10.8 Å². The lowest BCUT2D eigenvalue weighted by Crippen LogP contribution is -2.14. The van der Waals surface area contributed by atoms with Crippen LogP contribution in [-0.4, -0.2) is 24.1 Å². The normalized spacial score (nSPS) is 13.8. The minimum absolute atomic E-state index is 0.110. The molecule has 14 aromatic rings. The number of rotatable bonds is 6. The van der Waals surface area contributed by atoms with Gasteiger partial charge in [-0.2, -0.15) is 0 Å². The van der Waals surface area contributed by atoms with Gasteiger partial charge in [-0.3, -0.25) is 4.98 Å². The summed E-state index contributed by atoms with van der Waals surface area (Å²) in [7, 11) is 0. The Balaban J connectivity index is 0.917. The van der Waals surface area contributed by atoms with Gasteiger partial charge in [0.1, 0.15) is 11.0 Å². The largest absolute Gasteiger partial charge is 0.309 e. The first-order valence-electron chi connectivity index (χ1n) is 27.1. The summed E-state index contributed by atoms with van der Waals surface area (Å²) in [6.07, 6.45) is 2.02. The first-order valence-corrected chi connectivity index (χ1v) is 27.1. The molecule has 4 aromatic heterocycles. The average molecular weight is 998 g/mol. The van der Waals surface area contributed by atoms with E-state index in [0.717, 1.165) is 78.3 Å². The molecule has 0 fully saturated rings.